The molecule has 3 rings (SSSR count). The lowest BCUT2D eigenvalue weighted by Gasteiger charge is -2.14. The fraction of sp³-hybridized carbons (Fsp3) is 0.227. The highest BCUT2D eigenvalue weighted by Crippen LogP contribution is 2.23. The number of pyridine rings is 1. The van der Waals surface area contributed by atoms with E-state index < -0.39 is 5.97 Å². The summed E-state index contributed by atoms with van der Waals surface area (Å²) in [4.78, 5) is 29.2. The van der Waals surface area contributed by atoms with Crippen molar-refractivity contribution in [1.29, 1.82) is 0 Å². The molecule has 0 saturated heterocycles. The number of benzene rings is 2. The topological polar surface area (TPSA) is 68.3 Å². The highest BCUT2D eigenvalue weighted by molar-refractivity contribution is 6.04. The lowest BCUT2D eigenvalue weighted by atomic mass is 10.0. The van der Waals surface area contributed by atoms with Crippen LogP contribution in [-0.4, -0.2) is 23.5 Å². The summed E-state index contributed by atoms with van der Waals surface area (Å²) in [6, 6.07) is 16.6. The van der Waals surface area contributed by atoms with Crippen LogP contribution >= 0.6 is 0 Å². The normalized spacial score (nSPS) is 10.8. The van der Waals surface area contributed by atoms with Gasteiger partial charge >= 0.3 is 5.97 Å². The van der Waals surface area contributed by atoms with E-state index in [1.54, 1.807) is 6.07 Å². The quantitative estimate of drug-likeness (QED) is 0.680. The van der Waals surface area contributed by atoms with Gasteiger partial charge in [-0.1, -0.05) is 50.2 Å². The first kappa shape index (κ1) is 18.6. The largest absolute Gasteiger partial charge is 0.452 e. The Morgan fingerprint density at radius 3 is 2.56 bits per heavy atom. The van der Waals surface area contributed by atoms with Gasteiger partial charge in [0.15, 0.2) is 6.61 Å². The molecule has 0 aliphatic heterocycles. The average molecular weight is 362 g/mol. The van der Waals surface area contributed by atoms with E-state index in [0.29, 0.717) is 10.9 Å². The molecule has 0 radical (unpaired) electrons. The number of hydrogen-bond donors (Lipinski definition) is 1. The van der Waals surface area contributed by atoms with E-state index in [2.05, 4.69) is 24.1 Å². The summed E-state index contributed by atoms with van der Waals surface area (Å²) < 4.78 is 5.25. The molecule has 5 heteroatoms. The number of amides is 1. The molecule has 0 bridgehead atoms. The number of hydrogen-bond acceptors (Lipinski definition) is 4. The number of anilines is 1. The van der Waals surface area contributed by atoms with Gasteiger partial charge in [-0.3, -0.25) is 9.78 Å². The number of nitrogens with zero attached hydrogens (tertiary/aromatic N) is 1. The smallest absolute Gasteiger partial charge is 0.339 e. The van der Waals surface area contributed by atoms with E-state index >= 15 is 0 Å². The molecule has 0 aliphatic rings. The minimum atomic E-state index is -0.538. The fourth-order valence-corrected chi connectivity index (χ4v) is 2.99. The third-order valence-corrected chi connectivity index (χ3v) is 4.26. The second-order valence-corrected chi connectivity index (χ2v) is 6.69. The summed E-state index contributed by atoms with van der Waals surface area (Å²) in [6.45, 7) is 5.59. The maximum atomic E-state index is 12.5. The molecule has 0 atom stereocenters. The number of ether oxygens (including phenoxy) is 1. The highest BCUT2D eigenvalue weighted by Gasteiger charge is 2.16. The molecule has 0 unspecified atom stereocenters. The number of fused-ring (bicyclic) bond motifs is 1. The van der Waals surface area contributed by atoms with Crippen LogP contribution in [0.1, 0.15) is 41.4 Å². The molecule has 1 heterocycles. The van der Waals surface area contributed by atoms with Gasteiger partial charge in [-0.15, -0.1) is 0 Å². The van der Waals surface area contributed by atoms with Gasteiger partial charge in [0.25, 0.3) is 5.91 Å². The molecule has 27 heavy (non-hydrogen) atoms. The van der Waals surface area contributed by atoms with Crippen molar-refractivity contribution in [3.63, 3.8) is 0 Å². The molecule has 138 valence electrons. The Morgan fingerprint density at radius 1 is 1.07 bits per heavy atom. The molecule has 0 saturated carbocycles. The number of esters is 1. The molecular formula is C22H22N2O3. The zero-order chi connectivity index (χ0) is 19.4. The molecular weight excluding hydrogens is 340 g/mol. The lowest BCUT2D eigenvalue weighted by molar-refractivity contribution is -0.119. The third-order valence-electron chi connectivity index (χ3n) is 4.26. The van der Waals surface area contributed by atoms with Crippen molar-refractivity contribution in [2.75, 3.05) is 11.9 Å². The van der Waals surface area contributed by atoms with Crippen LogP contribution in [0.2, 0.25) is 0 Å². The molecule has 0 fully saturated rings. The van der Waals surface area contributed by atoms with Gasteiger partial charge in [-0.2, -0.15) is 0 Å². The van der Waals surface area contributed by atoms with Crippen LogP contribution in [0.15, 0.2) is 54.6 Å². The van der Waals surface area contributed by atoms with Crippen LogP contribution in [0.3, 0.4) is 0 Å². The summed E-state index contributed by atoms with van der Waals surface area (Å²) >= 11 is 0. The molecule has 5 nitrogen and oxygen atoms in total. The van der Waals surface area contributed by atoms with Gasteiger partial charge in [0, 0.05) is 16.8 Å². The predicted molar refractivity (Wildman–Crippen MR) is 106 cm³/mol. The number of carbonyl (C=O) groups is 2. The molecule has 1 N–H and O–H groups in total. The van der Waals surface area contributed by atoms with E-state index in [-0.39, 0.29) is 18.4 Å². The summed E-state index contributed by atoms with van der Waals surface area (Å²) in [5.74, 6) is -0.634. The van der Waals surface area contributed by atoms with E-state index in [9.17, 15) is 9.59 Å². The summed E-state index contributed by atoms with van der Waals surface area (Å²) in [6.07, 6.45) is 0. The number of rotatable bonds is 5. The van der Waals surface area contributed by atoms with E-state index in [1.807, 2.05) is 55.5 Å². The van der Waals surface area contributed by atoms with Crippen LogP contribution in [0.4, 0.5) is 5.69 Å². The predicted octanol–water partition coefficient (Wildman–Crippen LogP) is 4.46. The van der Waals surface area contributed by atoms with Crippen LogP contribution in [-0.2, 0) is 9.53 Å². The standard InChI is InChI=1S/C22H22N2O3/c1-14(2)16-8-4-6-10-19(16)24-21(25)13-27-22(26)18-12-15(3)23-20-11-7-5-9-17(18)20/h4-12,14H,13H2,1-3H3,(H,24,25). The first-order valence-electron chi connectivity index (χ1n) is 8.88. The molecule has 2 aromatic carbocycles. The Morgan fingerprint density at radius 2 is 1.78 bits per heavy atom. The van der Waals surface area contributed by atoms with Crippen molar-refractivity contribution in [1.82, 2.24) is 4.98 Å². The van der Waals surface area contributed by atoms with E-state index in [4.69, 9.17) is 4.74 Å². The molecule has 1 amide bonds. The summed E-state index contributed by atoms with van der Waals surface area (Å²) in [5.41, 5.74) is 3.62. The maximum absolute atomic E-state index is 12.5. The Hall–Kier alpha value is -3.21. The van der Waals surface area contributed by atoms with Crippen molar-refractivity contribution in [2.45, 2.75) is 26.7 Å². The van der Waals surface area contributed by atoms with Crippen LogP contribution in [0.5, 0.6) is 0 Å². The van der Waals surface area contributed by atoms with Gasteiger partial charge < -0.3 is 10.1 Å². The van der Waals surface area contributed by atoms with Crippen molar-refractivity contribution < 1.29 is 14.3 Å². The number of aryl methyl sites for hydroxylation is 1. The Balaban J connectivity index is 1.71. The third kappa shape index (κ3) is 4.31. The number of carbonyl (C=O) groups excluding carboxylic acids is 2. The van der Waals surface area contributed by atoms with E-state index in [0.717, 1.165) is 22.5 Å². The first-order chi connectivity index (χ1) is 13.0. The van der Waals surface area contributed by atoms with Crippen molar-refractivity contribution >= 4 is 28.5 Å². The Kier molecular flexibility index (Phi) is 5.50. The summed E-state index contributed by atoms with van der Waals surface area (Å²) in [5, 5.41) is 3.53. The Labute approximate surface area is 158 Å². The second kappa shape index (κ2) is 7.99. The molecule has 0 aliphatic carbocycles. The SMILES string of the molecule is Cc1cc(C(=O)OCC(=O)Nc2ccccc2C(C)C)c2ccccc2n1. The first-order valence-corrected chi connectivity index (χ1v) is 8.88. The number of aromatic nitrogens is 1. The zero-order valence-electron chi connectivity index (χ0n) is 15.7. The van der Waals surface area contributed by atoms with Crippen LogP contribution in [0, 0.1) is 6.92 Å². The van der Waals surface area contributed by atoms with Gasteiger partial charge in [0.2, 0.25) is 0 Å². The minimum Gasteiger partial charge on any atom is -0.452 e. The highest BCUT2D eigenvalue weighted by atomic mass is 16.5. The lowest BCUT2D eigenvalue weighted by Crippen LogP contribution is -2.22. The molecule has 3 aromatic rings. The van der Waals surface area contributed by atoms with Crippen molar-refractivity contribution in [3.05, 3.63) is 71.4 Å². The zero-order valence-corrected chi connectivity index (χ0v) is 15.7. The maximum Gasteiger partial charge on any atom is 0.339 e. The number of para-hydroxylation sites is 2. The average Bonchev–Trinajstić information content (AvgIpc) is 2.65. The number of nitrogens with one attached hydrogen (secondary N) is 1. The van der Waals surface area contributed by atoms with Crippen molar-refractivity contribution in [2.24, 2.45) is 0 Å². The Bertz CT molecular complexity index is 996. The van der Waals surface area contributed by atoms with Gasteiger partial charge in [-0.25, -0.2) is 4.79 Å². The van der Waals surface area contributed by atoms with Gasteiger partial charge in [0.1, 0.15) is 0 Å². The van der Waals surface area contributed by atoms with Gasteiger partial charge in [-0.05, 0) is 36.6 Å². The molecule has 0 spiro atoms. The summed E-state index contributed by atoms with van der Waals surface area (Å²) in [7, 11) is 0. The minimum absolute atomic E-state index is 0.273. The fourth-order valence-electron chi connectivity index (χ4n) is 2.99. The monoisotopic (exact) mass is 362 g/mol. The van der Waals surface area contributed by atoms with Gasteiger partial charge in [0.05, 0.1) is 11.1 Å². The second-order valence-electron chi connectivity index (χ2n) is 6.69. The van der Waals surface area contributed by atoms with E-state index in [1.165, 1.54) is 0 Å². The van der Waals surface area contributed by atoms with Crippen LogP contribution < -0.4 is 5.32 Å². The molecule has 1 aromatic heterocycles. The van der Waals surface area contributed by atoms with Crippen molar-refractivity contribution in [3.8, 4) is 0 Å². The van der Waals surface area contributed by atoms with Crippen LogP contribution in [0.25, 0.3) is 10.9 Å².